The molecular formula is C12H19N3O. The Morgan fingerprint density at radius 2 is 2.38 bits per heavy atom. The quantitative estimate of drug-likeness (QED) is 0.707. The van der Waals surface area contributed by atoms with Crippen molar-refractivity contribution in [2.45, 2.75) is 12.0 Å². The number of anilines is 1. The number of nitrogens with two attached hydrogens (primary N) is 1. The van der Waals surface area contributed by atoms with Gasteiger partial charge in [-0.25, -0.2) is 0 Å². The number of benzene rings is 1. The van der Waals surface area contributed by atoms with E-state index in [-0.39, 0.29) is 11.3 Å². The van der Waals surface area contributed by atoms with Crippen LogP contribution < -0.4 is 11.1 Å². The Kier molecular flexibility index (Phi) is 3.03. The number of nitrogens with zero attached hydrogens (tertiary/aromatic N) is 1. The van der Waals surface area contributed by atoms with Crippen molar-refractivity contribution in [1.29, 1.82) is 0 Å². The molecule has 1 fully saturated rings. The number of nitrogens with one attached hydrogen (secondary N) is 1. The van der Waals surface area contributed by atoms with Crippen molar-refractivity contribution in [3.05, 3.63) is 24.3 Å². The van der Waals surface area contributed by atoms with Crippen LogP contribution in [0.5, 0.6) is 5.75 Å². The maximum atomic E-state index is 9.41. The Morgan fingerprint density at radius 3 is 2.94 bits per heavy atom. The fourth-order valence-corrected chi connectivity index (χ4v) is 2.29. The van der Waals surface area contributed by atoms with Crippen molar-refractivity contribution in [2.24, 2.45) is 5.73 Å². The zero-order valence-electron chi connectivity index (χ0n) is 9.61. The molecule has 1 aromatic rings. The number of phenolic OH excluding ortho intramolecular Hbond substituents is 1. The van der Waals surface area contributed by atoms with E-state index >= 15 is 0 Å². The Labute approximate surface area is 96.1 Å². The van der Waals surface area contributed by atoms with E-state index in [1.807, 2.05) is 12.1 Å². The van der Waals surface area contributed by atoms with E-state index in [2.05, 4.69) is 17.3 Å². The lowest BCUT2D eigenvalue weighted by Gasteiger charge is -2.30. The first-order valence-corrected chi connectivity index (χ1v) is 5.59. The summed E-state index contributed by atoms with van der Waals surface area (Å²) in [6.07, 6.45) is 1.04. The Morgan fingerprint density at radius 1 is 1.56 bits per heavy atom. The molecule has 4 heteroatoms. The molecule has 1 aliphatic heterocycles. The molecular weight excluding hydrogens is 202 g/mol. The van der Waals surface area contributed by atoms with Crippen LogP contribution in [0.15, 0.2) is 24.3 Å². The third-order valence-corrected chi connectivity index (χ3v) is 3.19. The fraction of sp³-hybridized carbons (Fsp3) is 0.500. The van der Waals surface area contributed by atoms with Crippen LogP contribution in [-0.4, -0.2) is 42.2 Å². The molecule has 4 N–H and O–H groups in total. The van der Waals surface area contributed by atoms with Crippen molar-refractivity contribution in [1.82, 2.24) is 4.90 Å². The molecule has 0 amide bonds. The minimum atomic E-state index is -0.0530. The second-order valence-corrected chi connectivity index (χ2v) is 4.65. The fourth-order valence-electron chi connectivity index (χ4n) is 2.29. The van der Waals surface area contributed by atoms with Gasteiger partial charge in [0.1, 0.15) is 5.75 Å². The van der Waals surface area contributed by atoms with Crippen LogP contribution in [-0.2, 0) is 0 Å². The van der Waals surface area contributed by atoms with Gasteiger partial charge in [-0.2, -0.15) is 0 Å². The van der Waals surface area contributed by atoms with E-state index in [1.165, 1.54) is 0 Å². The number of aromatic hydroxyl groups is 1. The van der Waals surface area contributed by atoms with Gasteiger partial charge in [0.15, 0.2) is 0 Å². The van der Waals surface area contributed by atoms with Crippen LogP contribution in [0, 0.1) is 0 Å². The number of hydrogen-bond acceptors (Lipinski definition) is 4. The largest absolute Gasteiger partial charge is 0.508 e. The summed E-state index contributed by atoms with van der Waals surface area (Å²) in [7, 11) is 2.10. The zero-order chi connectivity index (χ0) is 11.6. The topological polar surface area (TPSA) is 61.5 Å². The van der Waals surface area contributed by atoms with E-state index in [4.69, 9.17) is 5.73 Å². The van der Waals surface area contributed by atoms with Crippen molar-refractivity contribution in [3.63, 3.8) is 0 Å². The highest BCUT2D eigenvalue weighted by atomic mass is 16.3. The van der Waals surface area contributed by atoms with E-state index < -0.39 is 0 Å². The Hall–Kier alpha value is -1.26. The molecule has 1 aliphatic rings. The van der Waals surface area contributed by atoms with Gasteiger partial charge in [-0.15, -0.1) is 0 Å². The molecule has 1 saturated heterocycles. The van der Waals surface area contributed by atoms with Crippen LogP contribution in [0.3, 0.4) is 0 Å². The van der Waals surface area contributed by atoms with Gasteiger partial charge in [0, 0.05) is 31.4 Å². The average Bonchev–Trinajstić information content (AvgIpc) is 2.61. The maximum absolute atomic E-state index is 9.41. The van der Waals surface area contributed by atoms with Crippen molar-refractivity contribution in [3.8, 4) is 5.75 Å². The summed E-state index contributed by atoms with van der Waals surface area (Å²) < 4.78 is 0. The smallest absolute Gasteiger partial charge is 0.117 e. The molecule has 0 radical (unpaired) electrons. The minimum absolute atomic E-state index is 0.0530. The van der Waals surface area contributed by atoms with Gasteiger partial charge in [-0.05, 0) is 25.6 Å². The van der Waals surface area contributed by atoms with Gasteiger partial charge >= 0.3 is 0 Å². The van der Waals surface area contributed by atoms with Crippen LogP contribution in [0.4, 0.5) is 5.69 Å². The normalized spacial score (nSPS) is 25.9. The Bertz CT molecular complexity index is 369. The molecule has 88 valence electrons. The third-order valence-electron chi connectivity index (χ3n) is 3.19. The van der Waals surface area contributed by atoms with Gasteiger partial charge in [-0.3, -0.25) is 0 Å². The highest BCUT2D eigenvalue weighted by Crippen LogP contribution is 2.26. The second-order valence-electron chi connectivity index (χ2n) is 4.65. The minimum Gasteiger partial charge on any atom is -0.508 e. The van der Waals surface area contributed by atoms with Crippen LogP contribution in [0.25, 0.3) is 0 Å². The molecule has 1 heterocycles. The standard InChI is InChI=1S/C12H19N3O/c1-15-6-5-12(8-13,9-15)14-10-3-2-4-11(16)7-10/h2-4,7,14,16H,5-6,8-9,13H2,1H3. The summed E-state index contributed by atoms with van der Waals surface area (Å²) in [5.41, 5.74) is 6.74. The molecule has 4 nitrogen and oxygen atoms in total. The van der Waals surface area contributed by atoms with Gasteiger partial charge in [0.05, 0.1) is 5.54 Å². The molecule has 1 unspecified atom stereocenters. The molecule has 1 aromatic carbocycles. The Balaban J connectivity index is 2.13. The molecule has 16 heavy (non-hydrogen) atoms. The first kappa shape index (κ1) is 11.2. The summed E-state index contributed by atoms with van der Waals surface area (Å²) in [5, 5.41) is 12.9. The molecule has 0 saturated carbocycles. The molecule has 2 rings (SSSR count). The number of hydrogen-bond donors (Lipinski definition) is 3. The predicted octanol–water partition coefficient (Wildman–Crippen LogP) is 0.837. The van der Waals surface area contributed by atoms with E-state index in [1.54, 1.807) is 12.1 Å². The van der Waals surface area contributed by atoms with Gasteiger partial charge in [-0.1, -0.05) is 6.07 Å². The van der Waals surface area contributed by atoms with Crippen LogP contribution in [0.1, 0.15) is 6.42 Å². The highest BCUT2D eigenvalue weighted by Gasteiger charge is 2.35. The molecule has 0 spiro atoms. The number of likely N-dealkylation sites (tertiary alicyclic amines) is 1. The number of rotatable bonds is 3. The summed E-state index contributed by atoms with van der Waals surface area (Å²) in [4.78, 5) is 2.27. The molecule has 0 aromatic heterocycles. The summed E-state index contributed by atoms with van der Waals surface area (Å²) in [5.74, 6) is 0.281. The number of phenols is 1. The average molecular weight is 221 g/mol. The third kappa shape index (κ3) is 2.28. The van der Waals surface area contributed by atoms with Gasteiger partial charge in [0.25, 0.3) is 0 Å². The highest BCUT2D eigenvalue weighted by molar-refractivity contribution is 5.50. The number of likely N-dealkylation sites (N-methyl/N-ethyl adjacent to an activating group) is 1. The van der Waals surface area contributed by atoms with E-state index in [9.17, 15) is 5.11 Å². The van der Waals surface area contributed by atoms with Crippen LogP contribution >= 0.6 is 0 Å². The van der Waals surface area contributed by atoms with Gasteiger partial charge in [0.2, 0.25) is 0 Å². The van der Waals surface area contributed by atoms with Crippen molar-refractivity contribution >= 4 is 5.69 Å². The van der Waals surface area contributed by atoms with Gasteiger partial charge < -0.3 is 21.1 Å². The van der Waals surface area contributed by atoms with Crippen LogP contribution in [0.2, 0.25) is 0 Å². The first-order valence-electron chi connectivity index (χ1n) is 5.59. The first-order chi connectivity index (χ1) is 7.63. The predicted molar refractivity (Wildman–Crippen MR) is 65.6 cm³/mol. The SMILES string of the molecule is CN1CCC(CN)(Nc2cccc(O)c2)C1. The molecule has 0 aliphatic carbocycles. The van der Waals surface area contributed by atoms with E-state index in [0.29, 0.717) is 6.54 Å². The monoisotopic (exact) mass is 221 g/mol. The van der Waals surface area contributed by atoms with Crippen molar-refractivity contribution < 1.29 is 5.11 Å². The lowest BCUT2D eigenvalue weighted by molar-refractivity contribution is 0.385. The lowest BCUT2D eigenvalue weighted by atomic mass is 9.98. The molecule has 0 bridgehead atoms. The summed E-state index contributed by atoms with van der Waals surface area (Å²) in [6, 6.07) is 7.19. The molecule has 1 atom stereocenters. The second kappa shape index (κ2) is 4.31. The van der Waals surface area contributed by atoms with Crippen molar-refractivity contribution in [2.75, 3.05) is 32.0 Å². The zero-order valence-corrected chi connectivity index (χ0v) is 9.61. The summed E-state index contributed by atoms with van der Waals surface area (Å²) >= 11 is 0. The summed E-state index contributed by atoms with van der Waals surface area (Å²) in [6.45, 7) is 2.61. The lowest BCUT2D eigenvalue weighted by Crippen LogP contribution is -2.47. The maximum Gasteiger partial charge on any atom is 0.117 e. The van der Waals surface area contributed by atoms with E-state index in [0.717, 1.165) is 25.2 Å².